The van der Waals surface area contributed by atoms with E-state index in [1.807, 2.05) is 29.3 Å². The lowest BCUT2D eigenvalue weighted by Gasteiger charge is -2.37. The van der Waals surface area contributed by atoms with Crippen molar-refractivity contribution in [1.82, 2.24) is 19.7 Å². The summed E-state index contributed by atoms with van der Waals surface area (Å²) >= 11 is 0. The molecule has 0 radical (unpaired) electrons. The van der Waals surface area contributed by atoms with E-state index in [2.05, 4.69) is 47.1 Å². The lowest BCUT2D eigenvalue weighted by molar-refractivity contribution is -0.143. The van der Waals surface area contributed by atoms with Crippen LogP contribution in [0.3, 0.4) is 0 Å². The van der Waals surface area contributed by atoms with Crippen molar-refractivity contribution < 1.29 is 9.59 Å². The molecule has 6 nitrogen and oxygen atoms in total. The molecule has 5 rings (SSSR count). The molecule has 2 amide bonds. The fourth-order valence-electron chi connectivity index (χ4n) is 4.92. The monoisotopic (exact) mass is 430 g/mol. The molecule has 1 atom stereocenters. The minimum atomic E-state index is -0.347. The third kappa shape index (κ3) is 4.15. The van der Waals surface area contributed by atoms with Crippen molar-refractivity contribution in [2.75, 3.05) is 26.2 Å². The molecule has 1 aromatic heterocycles. The van der Waals surface area contributed by atoms with Gasteiger partial charge in [-0.15, -0.1) is 0 Å². The van der Waals surface area contributed by atoms with E-state index >= 15 is 0 Å². The number of piperazine rings is 1. The summed E-state index contributed by atoms with van der Waals surface area (Å²) in [7, 11) is 0. The van der Waals surface area contributed by atoms with Gasteiger partial charge in [0.1, 0.15) is 6.04 Å². The summed E-state index contributed by atoms with van der Waals surface area (Å²) in [4.78, 5) is 35.4. The Bertz CT molecular complexity index is 1110. The van der Waals surface area contributed by atoms with Gasteiger partial charge in [0.2, 0.25) is 11.8 Å². The predicted octanol–water partition coefficient (Wildman–Crippen LogP) is 3.31. The van der Waals surface area contributed by atoms with Gasteiger partial charge in [-0.3, -0.25) is 14.5 Å². The number of amides is 2. The topological polar surface area (TPSA) is 59.7 Å². The number of benzene rings is 2. The van der Waals surface area contributed by atoms with Crippen molar-refractivity contribution in [2.45, 2.75) is 38.9 Å². The van der Waals surface area contributed by atoms with Gasteiger partial charge in [-0.2, -0.15) is 0 Å². The number of H-pyrrole nitrogens is 1. The van der Waals surface area contributed by atoms with Crippen LogP contribution in [0.25, 0.3) is 10.9 Å². The van der Waals surface area contributed by atoms with Gasteiger partial charge in [-0.05, 0) is 30.5 Å². The van der Waals surface area contributed by atoms with E-state index in [0.29, 0.717) is 19.4 Å². The van der Waals surface area contributed by atoms with Crippen molar-refractivity contribution >= 4 is 22.7 Å². The zero-order chi connectivity index (χ0) is 22.1. The van der Waals surface area contributed by atoms with Crippen LogP contribution < -0.4 is 0 Å². The smallest absolute Gasteiger partial charge is 0.245 e. The molecule has 1 N–H and O–H groups in total. The lowest BCUT2D eigenvalue weighted by Crippen LogP contribution is -2.53. The van der Waals surface area contributed by atoms with Crippen LogP contribution in [0.15, 0.2) is 54.7 Å². The van der Waals surface area contributed by atoms with Crippen LogP contribution in [0.1, 0.15) is 29.5 Å². The van der Waals surface area contributed by atoms with Gasteiger partial charge in [0, 0.05) is 62.8 Å². The van der Waals surface area contributed by atoms with Crippen LogP contribution >= 0.6 is 0 Å². The van der Waals surface area contributed by atoms with Gasteiger partial charge in [-0.25, -0.2) is 0 Å². The SMILES string of the molecule is Cc1ccc(CN2CCN(C(=O)C3CCC(=O)N3Cc3c[nH]c4ccccc34)CC2)cc1. The zero-order valence-electron chi connectivity index (χ0n) is 18.6. The summed E-state index contributed by atoms with van der Waals surface area (Å²) in [6.07, 6.45) is 3.03. The van der Waals surface area contributed by atoms with E-state index < -0.39 is 0 Å². The van der Waals surface area contributed by atoms with Crippen molar-refractivity contribution in [1.29, 1.82) is 0 Å². The highest BCUT2D eigenvalue weighted by atomic mass is 16.2. The molecule has 0 spiro atoms. The first kappa shape index (κ1) is 20.8. The number of fused-ring (bicyclic) bond motifs is 1. The Kier molecular flexibility index (Phi) is 5.70. The molecule has 6 heteroatoms. The average molecular weight is 431 g/mol. The van der Waals surface area contributed by atoms with Crippen molar-refractivity contribution in [3.8, 4) is 0 Å². The standard InChI is InChI=1S/C26H30N4O2/c1-19-6-8-20(9-7-19)17-28-12-14-29(15-13-28)26(32)24-10-11-25(31)30(24)18-21-16-27-23-5-3-2-4-22(21)23/h2-9,16,24,27H,10-15,17-18H2,1H3. The summed E-state index contributed by atoms with van der Waals surface area (Å²) in [5.41, 5.74) is 4.70. The Balaban J connectivity index is 1.22. The normalized spacial score (nSPS) is 19.8. The number of carbonyl (C=O) groups excluding carboxylic acids is 2. The quantitative estimate of drug-likeness (QED) is 0.676. The first-order chi connectivity index (χ1) is 15.6. The molecular formula is C26H30N4O2. The Morgan fingerprint density at radius 3 is 2.53 bits per heavy atom. The molecule has 0 bridgehead atoms. The molecule has 0 saturated carbocycles. The first-order valence-corrected chi connectivity index (χ1v) is 11.5. The maximum atomic E-state index is 13.4. The van der Waals surface area contributed by atoms with Crippen LogP contribution in [0.2, 0.25) is 0 Å². The Labute approximate surface area is 188 Å². The minimum absolute atomic E-state index is 0.0756. The number of hydrogen-bond acceptors (Lipinski definition) is 3. The lowest BCUT2D eigenvalue weighted by atomic mass is 10.1. The number of nitrogens with one attached hydrogen (secondary N) is 1. The van der Waals surface area contributed by atoms with Crippen LogP contribution in [-0.2, 0) is 22.7 Å². The number of rotatable bonds is 5. The molecule has 2 saturated heterocycles. The van der Waals surface area contributed by atoms with E-state index in [9.17, 15) is 9.59 Å². The highest BCUT2D eigenvalue weighted by Crippen LogP contribution is 2.27. The summed E-state index contributed by atoms with van der Waals surface area (Å²) in [6.45, 7) is 6.66. The largest absolute Gasteiger partial charge is 0.361 e. The number of aromatic nitrogens is 1. The molecule has 2 fully saturated rings. The number of nitrogens with zero attached hydrogens (tertiary/aromatic N) is 3. The second-order valence-corrected chi connectivity index (χ2v) is 9.02. The minimum Gasteiger partial charge on any atom is -0.361 e. The van der Waals surface area contributed by atoms with E-state index in [4.69, 9.17) is 0 Å². The maximum absolute atomic E-state index is 13.4. The molecule has 2 aliphatic heterocycles. The highest BCUT2D eigenvalue weighted by molar-refractivity contribution is 5.91. The van der Waals surface area contributed by atoms with Gasteiger partial charge in [0.25, 0.3) is 0 Å². The maximum Gasteiger partial charge on any atom is 0.245 e. The molecule has 32 heavy (non-hydrogen) atoms. The number of carbonyl (C=O) groups is 2. The van der Waals surface area contributed by atoms with E-state index in [1.165, 1.54) is 11.1 Å². The second kappa shape index (κ2) is 8.79. The Morgan fingerprint density at radius 2 is 1.75 bits per heavy atom. The predicted molar refractivity (Wildman–Crippen MR) is 125 cm³/mol. The number of aryl methyl sites for hydroxylation is 1. The van der Waals surface area contributed by atoms with Gasteiger partial charge < -0.3 is 14.8 Å². The molecule has 1 unspecified atom stereocenters. The molecule has 3 heterocycles. The first-order valence-electron chi connectivity index (χ1n) is 11.5. The molecular weight excluding hydrogens is 400 g/mol. The Morgan fingerprint density at radius 1 is 1.00 bits per heavy atom. The number of likely N-dealkylation sites (tertiary alicyclic amines) is 1. The van der Waals surface area contributed by atoms with Crippen LogP contribution in [0, 0.1) is 6.92 Å². The summed E-state index contributed by atoms with van der Waals surface area (Å²) in [6, 6.07) is 16.4. The number of para-hydroxylation sites is 1. The summed E-state index contributed by atoms with van der Waals surface area (Å²) < 4.78 is 0. The molecule has 166 valence electrons. The van der Waals surface area contributed by atoms with E-state index in [-0.39, 0.29) is 17.9 Å². The fraction of sp³-hybridized carbons (Fsp3) is 0.385. The van der Waals surface area contributed by atoms with Gasteiger partial charge in [0.15, 0.2) is 0 Å². The second-order valence-electron chi connectivity index (χ2n) is 9.02. The molecule has 2 aliphatic rings. The third-order valence-corrected chi connectivity index (χ3v) is 6.84. The molecule has 2 aromatic carbocycles. The number of aromatic amines is 1. The van der Waals surface area contributed by atoms with Gasteiger partial charge in [-0.1, -0.05) is 48.0 Å². The fourth-order valence-corrected chi connectivity index (χ4v) is 4.92. The van der Waals surface area contributed by atoms with Crippen LogP contribution in [0.4, 0.5) is 0 Å². The highest BCUT2D eigenvalue weighted by Gasteiger charge is 2.39. The van der Waals surface area contributed by atoms with Crippen LogP contribution in [-0.4, -0.2) is 63.7 Å². The Hall–Kier alpha value is -3.12. The van der Waals surface area contributed by atoms with Crippen molar-refractivity contribution in [3.63, 3.8) is 0 Å². The van der Waals surface area contributed by atoms with Crippen LogP contribution in [0.5, 0.6) is 0 Å². The van der Waals surface area contributed by atoms with Crippen molar-refractivity contribution in [2.24, 2.45) is 0 Å². The molecule has 0 aliphatic carbocycles. The number of hydrogen-bond donors (Lipinski definition) is 1. The summed E-state index contributed by atoms with van der Waals surface area (Å²) in [5.74, 6) is 0.178. The summed E-state index contributed by atoms with van der Waals surface area (Å²) in [5, 5.41) is 1.11. The average Bonchev–Trinajstić information content (AvgIpc) is 3.39. The zero-order valence-corrected chi connectivity index (χ0v) is 18.6. The van der Waals surface area contributed by atoms with Gasteiger partial charge >= 0.3 is 0 Å². The van der Waals surface area contributed by atoms with Gasteiger partial charge in [0.05, 0.1) is 0 Å². The van der Waals surface area contributed by atoms with E-state index in [0.717, 1.165) is 49.2 Å². The molecule has 3 aromatic rings. The van der Waals surface area contributed by atoms with Crippen molar-refractivity contribution in [3.05, 3.63) is 71.4 Å². The third-order valence-electron chi connectivity index (χ3n) is 6.84. The van der Waals surface area contributed by atoms with E-state index in [1.54, 1.807) is 4.90 Å².